The van der Waals surface area contributed by atoms with Gasteiger partial charge in [0.25, 0.3) is 0 Å². The van der Waals surface area contributed by atoms with Crippen molar-refractivity contribution in [3.8, 4) is 0 Å². The molecule has 1 aromatic heterocycles. The molecule has 1 aliphatic heterocycles. The minimum absolute atomic E-state index is 0.0116. The van der Waals surface area contributed by atoms with Crippen LogP contribution in [0, 0.1) is 5.82 Å². The molecule has 0 saturated carbocycles. The number of halogens is 1. The molecule has 2 heterocycles. The molecule has 0 aliphatic carbocycles. The van der Waals surface area contributed by atoms with Gasteiger partial charge in [0, 0.05) is 19.5 Å². The molecule has 1 fully saturated rings. The molecule has 1 unspecified atom stereocenters. The van der Waals surface area contributed by atoms with Crippen LogP contribution in [0.25, 0.3) is 0 Å². The van der Waals surface area contributed by atoms with Crippen LogP contribution in [0.4, 0.5) is 9.52 Å². The van der Waals surface area contributed by atoms with E-state index < -0.39 is 0 Å². The number of morpholine rings is 1. The van der Waals surface area contributed by atoms with Crippen LogP contribution in [0.1, 0.15) is 10.6 Å². The quantitative estimate of drug-likeness (QED) is 0.927. The largest absolute Gasteiger partial charge is 0.394 e. The van der Waals surface area contributed by atoms with Gasteiger partial charge in [0.15, 0.2) is 0 Å². The van der Waals surface area contributed by atoms with E-state index >= 15 is 0 Å². The molecule has 7 heteroatoms. The molecule has 1 aromatic carbocycles. The molecule has 0 bridgehead atoms. The predicted octanol–water partition coefficient (Wildman–Crippen LogP) is 1.47. The number of aliphatic hydroxyl groups excluding tert-OH is 1. The number of hydrogen-bond acceptors (Lipinski definition) is 6. The van der Waals surface area contributed by atoms with E-state index in [-0.39, 0.29) is 18.5 Å². The molecule has 1 saturated heterocycles. The van der Waals surface area contributed by atoms with E-state index in [4.69, 9.17) is 9.84 Å². The fraction of sp³-hybridized carbons (Fsp3) is 0.429. The smallest absolute Gasteiger partial charge is 0.208 e. The molecule has 1 aliphatic rings. The first kappa shape index (κ1) is 14.4. The second-order valence-electron chi connectivity index (χ2n) is 4.90. The van der Waals surface area contributed by atoms with Crippen LogP contribution < -0.4 is 4.90 Å². The van der Waals surface area contributed by atoms with Gasteiger partial charge in [-0.05, 0) is 17.7 Å². The van der Waals surface area contributed by atoms with Gasteiger partial charge in [0.2, 0.25) is 5.13 Å². The second-order valence-corrected chi connectivity index (χ2v) is 5.94. The van der Waals surface area contributed by atoms with Crippen LogP contribution in [-0.2, 0) is 11.2 Å². The van der Waals surface area contributed by atoms with Gasteiger partial charge in [-0.3, -0.25) is 0 Å². The molecular weight excluding hydrogens is 293 g/mol. The van der Waals surface area contributed by atoms with Crippen molar-refractivity contribution in [1.82, 2.24) is 10.2 Å². The first-order valence-corrected chi connectivity index (χ1v) is 7.60. The predicted molar refractivity (Wildman–Crippen MR) is 78.2 cm³/mol. The van der Waals surface area contributed by atoms with Crippen molar-refractivity contribution in [3.63, 3.8) is 0 Å². The number of nitrogens with zero attached hydrogens (tertiary/aromatic N) is 3. The number of ether oxygens (including phenoxy) is 1. The molecule has 0 radical (unpaired) electrons. The first-order valence-electron chi connectivity index (χ1n) is 6.79. The maximum absolute atomic E-state index is 12.9. The summed E-state index contributed by atoms with van der Waals surface area (Å²) in [5.41, 5.74) is 1.01. The molecule has 112 valence electrons. The standard InChI is InChI=1S/C14H16FN3O2S/c15-11-3-1-10(2-4-11)7-13-16-17-14(21-13)18-5-6-20-12(8-18)9-19/h1-4,12,19H,5-9H2. The summed E-state index contributed by atoms with van der Waals surface area (Å²) in [4.78, 5) is 2.08. The van der Waals surface area contributed by atoms with Gasteiger partial charge >= 0.3 is 0 Å². The van der Waals surface area contributed by atoms with Crippen LogP contribution in [-0.4, -0.2) is 47.7 Å². The molecule has 0 amide bonds. The number of rotatable bonds is 4. The zero-order chi connectivity index (χ0) is 14.7. The zero-order valence-corrected chi connectivity index (χ0v) is 12.2. The Balaban J connectivity index is 1.67. The van der Waals surface area contributed by atoms with Gasteiger partial charge in [-0.2, -0.15) is 0 Å². The minimum atomic E-state index is -0.236. The average molecular weight is 309 g/mol. The van der Waals surface area contributed by atoms with Crippen LogP contribution in [0.5, 0.6) is 0 Å². The Kier molecular flexibility index (Phi) is 4.42. The van der Waals surface area contributed by atoms with Crippen molar-refractivity contribution in [2.45, 2.75) is 12.5 Å². The van der Waals surface area contributed by atoms with Crippen LogP contribution >= 0.6 is 11.3 Å². The van der Waals surface area contributed by atoms with E-state index in [2.05, 4.69) is 15.1 Å². The summed E-state index contributed by atoms with van der Waals surface area (Å²) in [6.07, 6.45) is 0.481. The van der Waals surface area contributed by atoms with E-state index in [1.54, 1.807) is 12.1 Å². The molecule has 3 rings (SSSR count). The highest BCUT2D eigenvalue weighted by molar-refractivity contribution is 7.15. The van der Waals surface area contributed by atoms with Gasteiger partial charge in [-0.15, -0.1) is 10.2 Å². The lowest BCUT2D eigenvalue weighted by atomic mass is 10.2. The third-order valence-electron chi connectivity index (χ3n) is 3.34. The monoisotopic (exact) mass is 309 g/mol. The van der Waals surface area contributed by atoms with Gasteiger partial charge in [-0.1, -0.05) is 23.5 Å². The van der Waals surface area contributed by atoms with E-state index in [1.165, 1.54) is 23.5 Å². The average Bonchev–Trinajstić information content (AvgIpc) is 2.98. The van der Waals surface area contributed by atoms with Gasteiger partial charge in [0.05, 0.1) is 19.3 Å². The Morgan fingerprint density at radius 3 is 2.90 bits per heavy atom. The van der Waals surface area contributed by atoms with Gasteiger partial charge < -0.3 is 14.7 Å². The molecule has 0 spiro atoms. The normalized spacial score (nSPS) is 19.0. The van der Waals surface area contributed by atoms with Crippen molar-refractivity contribution < 1.29 is 14.2 Å². The van der Waals surface area contributed by atoms with Crippen molar-refractivity contribution in [3.05, 3.63) is 40.7 Å². The van der Waals surface area contributed by atoms with Crippen molar-refractivity contribution in [2.24, 2.45) is 0 Å². The van der Waals surface area contributed by atoms with Gasteiger partial charge in [-0.25, -0.2) is 4.39 Å². The Hall–Kier alpha value is -1.57. The fourth-order valence-electron chi connectivity index (χ4n) is 2.22. The number of aromatic nitrogens is 2. The van der Waals surface area contributed by atoms with Crippen molar-refractivity contribution in [1.29, 1.82) is 0 Å². The number of anilines is 1. The Morgan fingerprint density at radius 2 is 2.14 bits per heavy atom. The van der Waals surface area contributed by atoms with Gasteiger partial charge in [0.1, 0.15) is 10.8 Å². The number of aliphatic hydroxyl groups is 1. The maximum Gasteiger partial charge on any atom is 0.208 e. The summed E-state index contributed by atoms with van der Waals surface area (Å²) < 4.78 is 18.3. The summed E-state index contributed by atoms with van der Waals surface area (Å²) in [6, 6.07) is 6.41. The third kappa shape index (κ3) is 3.55. The van der Waals surface area contributed by atoms with Crippen LogP contribution in [0.15, 0.2) is 24.3 Å². The molecule has 2 aromatic rings. The molecule has 5 nitrogen and oxygen atoms in total. The number of hydrogen-bond donors (Lipinski definition) is 1. The van der Waals surface area contributed by atoms with Crippen LogP contribution in [0.3, 0.4) is 0 Å². The Morgan fingerprint density at radius 1 is 1.33 bits per heavy atom. The molecule has 1 atom stereocenters. The van der Waals surface area contributed by atoms with E-state index in [9.17, 15) is 4.39 Å². The maximum atomic E-state index is 12.9. The topological polar surface area (TPSA) is 58.5 Å². The highest BCUT2D eigenvalue weighted by Crippen LogP contribution is 2.24. The van der Waals surface area contributed by atoms with Crippen molar-refractivity contribution >= 4 is 16.5 Å². The lowest BCUT2D eigenvalue weighted by Gasteiger charge is -2.31. The van der Waals surface area contributed by atoms with E-state index in [0.29, 0.717) is 19.6 Å². The SMILES string of the molecule is OCC1CN(c2nnc(Cc3ccc(F)cc3)s2)CCO1. The Labute approximate surface area is 126 Å². The first-order chi connectivity index (χ1) is 10.2. The van der Waals surface area contributed by atoms with E-state index in [1.807, 2.05) is 0 Å². The molecule has 1 N–H and O–H groups in total. The molecule has 21 heavy (non-hydrogen) atoms. The summed E-state index contributed by atoms with van der Waals surface area (Å²) in [7, 11) is 0. The number of benzene rings is 1. The summed E-state index contributed by atoms with van der Waals surface area (Å²) >= 11 is 1.52. The summed E-state index contributed by atoms with van der Waals surface area (Å²) in [6.45, 7) is 1.97. The highest BCUT2D eigenvalue weighted by Gasteiger charge is 2.22. The van der Waals surface area contributed by atoms with Crippen LogP contribution in [0.2, 0.25) is 0 Å². The zero-order valence-electron chi connectivity index (χ0n) is 11.4. The fourth-order valence-corrected chi connectivity index (χ4v) is 3.13. The summed E-state index contributed by atoms with van der Waals surface area (Å²) in [5.74, 6) is -0.236. The molecular formula is C14H16FN3O2S. The van der Waals surface area contributed by atoms with E-state index in [0.717, 1.165) is 22.2 Å². The second kappa shape index (κ2) is 6.46. The summed E-state index contributed by atoms with van der Waals surface area (Å²) in [5, 5.41) is 19.3. The lowest BCUT2D eigenvalue weighted by Crippen LogP contribution is -2.44. The highest BCUT2D eigenvalue weighted by atomic mass is 32.1. The third-order valence-corrected chi connectivity index (χ3v) is 4.32. The minimum Gasteiger partial charge on any atom is -0.394 e. The Bertz CT molecular complexity index is 590. The lowest BCUT2D eigenvalue weighted by molar-refractivity contribution is 0.00353. The van der Waals surface area contributed by atoms with Crippen molar-refractivity contribution in [2.75, 3.05) is 31.2 Å².